The topological polar surface area (TPSA) is 127 Å². The zero-order chi connectivity index (χ0) is 25.8. The standard InChI is InChI=1S/C27H33N5O5/c1-35-14-23(33)31-17-5-7-18(8-6-17)32-27(34)21-12-28-26-24(29-15-30-25(21)26)20-11-19(36-2)9-10-22(20)37-13-16-3-4-16/h9-12,15-18,28H,3-8,13-14H2,1-2H3,(H,31,33)(H,32,34)/t17-,18+. The first-order chi connectivity index (χ1) is 18.1. The smallest absolute Gasteiger partial charge is 0.255 e. The average molecular weight is 508 g/mol. The van der Waals surface area contributed by atoms with Crippen LogP contribution < -0.4 is 20.1 Å². The van der Waals surface area contributed by atoms with Crippen molar-refractivity contribution in [2.75, 3.05) is 27.4 Å². The molecule has 0 bridgehead atoms. The van der Waals surface area contributed by atoms with Crippen molar-refractivity contribution < 1.29 is 23.8 Å². The van der Waals surface area contributed by atoms with Crippen LogP contribution in [0.5, 0.6) is 11.5 Å². The van der Waals surface area contributed by atoms with Crippen molar-refractivity contribution in [3.05, 3.63) is 36.3 Å². The number of aromatic amines is 1. The Morgan fingerprint density at radius 2 is 1.78 bits per heavy atom. The van der Waals surface area contributed by atoms with Crippen LogP contribution >= 0.6 is 0 Å². The highest BCUT2D eigenvalue weighted by molar-refractivity contribution is 6.08. The lowest BCUT2D eigenvalue weighted by molar-refractivity contribution is -0.125. The SMILES string of the molecule is COCC(=O)N[C@H]1CC[C@@H](NC(=O)c2c[nH]c3c(-c4cc(OC)ccc4OCC4CC4)ncnc23)CC1. The zero-order valence-corrected chi connectivity index (χ0v) is 21.2. The van der Waals surface area contributed by atoms with Gasteiger partial charge in [0.15, 0.2) is 0 Å². The van der Waals surface area contributed by atoms with E-state index in [1.54, 1.807) is 13.3 Å². The molecule has 2 aromatic heterocycles. The normalized spacial score (nSPS) is 19.4. The molecule has 0 unspecified atom stereocenters. The van der Waals surface area contributed by atoms with Gasteiger partial charge in [0.05, 0.1) is 24.8 Å². The third-order valence-corrected chi connectivity index (χ3v) is 7.02. The van der Waals surface area contributed by atoms with E-state index in [1.807, 2.05) is 18.2 Å². The Balaban J connectivity index is 1.31. The Hall–Kier alpha value is -3.66. The van der Waals surface area contributed by atoms with E-state index in [0.717, 1.165) is 37.0 Å². The van der Waals surface area contributed by atoms with Gasteiger partial charge in [-0.25, -0.2) is 9.97 Å². The summed E-state index contributed by atoms with van der Waals surface area (Å²) in [6, 6.07) is 5.81. The second-order valence-corrected chi connectivity index (χ2v) is 9.79. The van der Waals surface area contributed by atoms with Gasteiger partial charge in [0.25, 0.3) is 5.91 Å². The summed E-state index contributed by atoms with van der Waals surface area (Å²) in [5.41, 5.74) is 3.13. The summed E-state index contributed by atoms with van der Waals surface area (Å²) >= 11 is 0. The Bertz CT molecular complexity index is 1260. The predicted molar refractivity (Wildman–Crippen MR) is 138 cm³/mol. The third-order valence-electron chi connectivity index (χ3n) is 7.02. The van der Waals surface area contributed by atoms with Gasteiger partial charge in [0.2, 0.25) is 5.91 Å². The molecule has 2 aliphatic carbocycles. The van der Waals surface area contributed by atoms with Crippen LogP contribution in [0.2, 0.25) is 0 Å². The summed E-state index contributed by atoms with van der Waals surface area (Å²) in [6.45, 7) is 0.731. The molecule has 5 rings (SSSR count). The van der Waals surface area contributed by atoms with E-state index in [1.165, 1.54) is 26.3 Å². The van der Waals surface area contributed by atoms with Crippen molar-refractivity contribution in [1.82, 2.24) is 25.6 Å². The van der Waals surface area contributed by atoms with Crippen molar-refractivity contribution in [3.8, 4) is 22.8 Å². The summed E-state index contributed by atoms with van der Waals surface area (Å²) in [7, 11) is 3.13. The first-order valence-corrected chi connectivity index (χ1v) is 12.8. The van der Waals surface area contributed by atoms with Gasteiger partial charge in [-0.05, 0) is 62.6 Å². The molecule has 2 heterocycles. The number of nitrogens with one attached hydrogen (secondary N) is 3. The highest BCUT2D eigenvalue weighted by Gasteiger charge is 2.26. The van der Waals surface area contributed by atoms with E-state index >= 15 is 0 Å². The molecule has 10 nitrogen and oxygen atoms in total. The van der Waals surface area contributed by atoms with Gasteiger partial charge in [0.1, 0.15) is 35.6 Å². The second-order valence-electron chi connectivity index (χ2n) is 9.79. The van der Waals surface area contributed by atoms with Gasteiger partial charge in [-0.15, -0.1) is 0 Å². The summed E-state index contributed by atoms with van der Waals surface area (Å²) in [5, 5.41) is 6.12. The molecular weight excluding hydrogens is 474 g/mol. The van der Waals surface area contributed by atoms with Gasteiger partial charge >= 0.3 is 0 Å². The van der Waals surface area contributed by atoms with Crippen molar-refractivity contribution in [2.24, 2.45) is 5.92 Å². The van der Waals surface area contributed by atoms with E-state index in [2.05, 4.69) is 25.6 Å². The lowest BCUT2D eigenvalue weighted by Crippen LogP contribution is -2.44. The fourth-order valence-corrected chi connectivity index (χ4v) is 4.80. The molecule has 196 valence electrons. The highest BCUT2D eigenvalue weighted by Crippen LogP contribution is 2.37. The lowest BCUT2D eigenvalue weighted by Gasteiger charge is -2.29. The highest BCUT2D eigenvalue weighted by atomic mass is 16.5. The molecule has 2 fully saturated rings. The molecule has 0 atom stereocenters. The minimum absolute atomic E-state index is 0.0372. The fraction of sp³-hybridized carbons (Fsp3) is 0.481. The minimum Gasteiger partial charge on any atom is -0.497 e. The van der Waals surface area contributed by atoms with Gasteiger partial charge in [0, 0.05) is 31.0 Å². The zero-order valence-electron chi connectivity index (χ0n) is 21.2. The molecule has 2 aliphatic rings. The van der Waals surface area contributed by atoms with Crippen molar-refractivity contribution in [2.45, 2.75) is 50.6 Å². The molecule has 37 heavy (non-hydrogen) atoms. The Morgan fingerprint density at radius 1 is 1.03 bits per heavy atom. The largest absolute Gasteiger partial charge is 0.497 e. The number of hydrogen-bond acceptors (Lipinski definition) is 7. The van der Waals surface area contributed by atoms with Crippen LogP contribution in [0.4, 0.5) is 0 Å². The van der Waals surface area contributed by atoms with Crippen LogP contribution in [-0.4, -0.2) is 66.3 Å². The molecule has 2 saturated carbocycles. The van der Waals surface area contributed by atoms with Crippen LogP contribution in [0.1, 0.15) is 48.9 Å². The quantitative estimate of drug-likeness (QED) is 0.384. The number of aromatic nitrogens is 3. The van der Waals surface area contributed by atoms with E-state index < -0.39 is 0 Å². The number of carbonyl (C=O) groups excluding carboxylic acids is 2. The van der Waals surface area contributed by atoms with Crippen molar-refractivity contribution >= 4 is 22.8 Å². The third kappa shape index (κ3) is 5.85. The van der Waals surface area contributed by atoms with E-state index in [-0.39, 0.29) is 30.5 Å². The van der Waals surface area contributed by atoms with Gasteiger partial charge < -0.3 is 29.8 Å². The average Bonchev–Trinajstić information content (AvgIpc) is 3.64. The fourth-order valence-electron chi connectivity index (χ4n) is 4.80. The molecule has 0 radical (unpaired) electrons. The number of fused-ring (bicyclic) bond motifs is 1. The van der Waals surface area contributed by atoms with E-state index in [0.29, 0.717) is 40.6 Å². The molecule has 1 aromatic carbocycles. The van der Waals surface area contributed by atoms with Gasteiger partial charge in [-0.3, -0.25) is 9.59 Å². The Morgan fingerprint density at radius 3 is 2.49 bits per heavy atom. The van der Waals surface area contributed by atoms with Gasteiger partial charge in [-0.1, -0.05) is 0 Å². The van der Waals surface area contributed by atoms with Crippen LogP contribution in [-0.2, 0) is 9.53 Å². The predicted octanol–water partition coefficient (Wildman–Crippen LogP) is 3.23. The Labute approximate surface area is 215 Å². The first-order valence-electron chi connectivity index (χ1n) is 12.8. The lowest BCUT2D eigenvalue weighted by atomic mass is 9.91. The summed E-state index contributed by atoms with van der Waals surface area (Å²) in [5.74, 6) is 1.74. The van der Waals surface area contributed by atoms with Crippen LogP contribution in [0.25, 0.3) is 22.3 Å². The van der Waals surface area contributed by atoms with E-state index in [9.17, 15) is 9.59 Å². The number of methoxy groups -OCH3 is 2. The summed E-state index contributed by atoms with van der Waals surface area (Å²) < 4.78 is 16.4. The minimum atomic E-state index is -0.182. The number of carbonyl (C=O) groups is 2. The number of amides is 2. The molecule has 0 saturated heterocycles. The van der Waals surface area contributed by atoms with Crippen LogP contribution in [0.15, 0.2) is 30.7 Å². The van der Waals surface area contributed by atoms with Crippen molar-refractivity contribution in [3.63, 3.8) is 0 Å². The number of rotatable bonds is 10. The maximum Gasteiger partial charge on any atom is 0.255 e. The van der Waals surface area contributed by atoms with Crippen LogP contribution in [0, 0.1) is 5.92 Å². The number of ether oxygens (including phenoxy) is 3. The number of nitrogens with zero attached hydrogens (tertiary/aromatic N) is 2. The molecular formula is C27H33N5O5. The van der Waals surface area contributed by atoms with Gasteiger partial charge in [-0.2, -0.15) is 0 Å². The maximum atomic E-state index is 13.2. The second kappa shape index (κ2) is 11.2. The molecule has 2 amide bonds. The maximum absolute atomic E-state index is 13.2. The number of H-pyrrole nitrogens is 1. The molecule has 3 aromatic rings. The molecule has 0 aliphatic heterocycles. The number of hydrogen-bond donors (Lipinski definition) is 3. The first kappa shape index (κ1) is 25.0. The molecule has 0 spiro atoms. The van der Waals surface area contributed by atoms with Crippen LogP contribution in [0.3, 0.4) is 0 Å². The molecule has 3 N–H and O–H groups in total. The monoisotopic (exact) mass is 507 g/mol. The number of benzene rings is 1. The van der Waals surface area contributed by atoms with E-state index in [4.69, 9.17) is 14.2 Å². The van der Waals surface area contributed by atoms with Crippen molar-refractivity contribution in [1.29, 1.82) is 0 Å². The molecule has 10 heteroatoms. The summed E-state index contributed by atoms with van der Waals surface area (Å²) in [4.78, 5) is 37.2. The Kier molecular flexibility index (Phi) is 7.55. The summed E-state index contributed by atoms with van der Waals surface area (Å²) in [6.07, 6.45) is 8.74.